The van der Waals surface area contributed by atoms with Gasteiger partial charge in [-0.2, -0.15) is 5.10 Å². The summed E-state index contributed by atoms with van der Waals surface area (Å²) in [5.41, 5.74) is 1.24. The lowest BCUT2D eigenvalue weighted by Gasteiger charge is -2.04. The molecule has 0 rings (SSSR count). The molecule has 13 heavy (non-hydrogen) atoms. The number of hydrogen-bond donors (Lipinski definition) is 1. The van der Waals surface area contributed by atoms with E-state index in [4.69, 9.17) is 11.6 Å². The summed E-state index contributed by atoms with van der Waals surface area (Å²) in [5, 5.41) is 2.31. The van der Waals surface area contributed by atoms with Gasteiger partial charge >= 0.3 is 0 Å². The first kappa shape index (κ1) is 12.0. The zero-order valence-corrected chi connectivity index (χ0v) is 7.90. The summed E-state index contributed by atoms with van der Waals surface area (Å²) in [6.07, 6.45) is -1.64. The number of hydrogen-bond acceptors (Lipinski definition) is 3. The van der Waals surface area contributed by atoms with Crippen LogP contribution in [0, 0.1) is 0 Å². The molecule has 0 aliphatic heterocycles. The van der Waals surface area contributed by atoms with Crippen LogP contribution in [0.2, 0.25) is 0 Å². The van der Waals surface area contributed by atoms with Gasteiger partial charge in [-0.3, -0.25) is 4.79 Å². The van der Waals surface area contributed by atoms with Gasteiger partial charge in [0.1, 0.15) is 5.71 Å². The van der Waals surface area contributed by atoms with Gasteiger partial charge in [-0.05, 0) is 18.5 Å². The average molecular weight is 211 g/mol. The molecule has 0 fully saturated rings. The van der Waals surface area contributed by atoms with Crippen LogP contribution in [-0.4, -0.2) is 24.4 Å². The van der Waals surface area contributed by atoms with Crippen LogP contribution in [0.25, 0.3) is 0 Å². The minimum absolute atomic E-state index is 0.286. The fourth-order valence-electron chi connectivity index (χ4n) is 0.709. The first-order valence-electron chi connectivity index (χ1n) is 3.43. The van der Waals surface area contributed by atoms with Crippen molar-refractivity contribution in [3.05, 3.63) is 11.6 Å². The van der Waals surface area contributed by atoms with Crippen LogP contribution in [0.1, 0.15) is 6.92 Å². The van der Waals surface area contributed by atoms with Crippen LogP contribution < -0.4 is 5.43 Å². The number of nitrogens with one attached hydrogen (secondary N) is 1. The topological polar surface area (TPSA) is 41.5 Å². The van der Waals surface area contributed by atoms with Crippen LogP contribution in [0.3, 0.4) is 0 Å². The van der Waals surface area contributed by atoms with Crippen molar-refractivity contribution in [2.24, 2.45) is 5.10 Å². The lowest BCUT2D eigenvalue weighted by Crippen LogP contribution is -2.20. The molecule has 0 amide bonds. The van der Waals surface area contributed by atoms with Gasteiger partial charge in [0.25, 0.3) is 11.7 Å². The zero-order valence-electron chi connectivity index (χ0n) is 7.14. The quantitative estimate of drug-likeness (QED) is 0.331. The van der Waals surface area contributed by atoms with Crippen molar-refractivity contribution in [2.45, 2.75) is 13.3 Å². The summed E-state index contributed by atoms with van der Waals surface area (Å²) < 4.78 is 24.5. The molecule has 0 unspecified atom stereocenters. The molecule has 3 nitrogen and oxygen atoms in total. The van der Waals surface area contributed by atoms with E-state index in [0.29, 0.717) is 0 Å². The third kappa shape index (κ3) is 3.50. The van der Waals surface area contributed by atoms with E-state index in [9.17, 15) is 13.6 Å². The van der Waals surface area contributed by atoms with Gasteiger partial charge in [-0.15, -0.1) is 0 Å². The Balaban J connectivity index is 4.94. The molecule has 6 heteroatoms. The molecule has 0 aliphatic carbocycles. The summed E-state index contributed by atoms with van der Waals surface area (Å²) in [6, 6.07) is 0. The molecule has 1 N–H and O–H groups in total. The van der Waals surface area contributed by atoms with Crippen molar-refractivity contribution in [1.82, 2.24) is 5.43 Å². The van der Waals surface area contributed by atoms with E-state index >= 15 is 0 Å². The third-order valence-electron chi connectivity index (χ3n) is 1.22. The monoisotopic (exact) mass is 210 g/mol. The summed E-state index contributed by atoms with van der Waals surface area (Å²) in [4.78, 5) is 10.7. The van der Waals surface area contributed by atoms with Gasteiger partial charge in [0.05, 0.1) is 5.57 Å². The number of alkyl halides is 2. The number of hydrazone groups is 1. The molecule has 0 aliphatic rings. The van der Waals surface area contributed by atoms with Crippen LogP contribution in [0.5, 0.6) is 0 Å². The van der Waals surface area contributed by atoms with Crippen molar-refractivity contribution in [3.8, 4) is 0 Å². The third-order valence-corrected chi connectivity index (χ3v) is 1.42. The molecule has 0 aromatic carbocycles. The predicted molar refractivity (Wildman–Crippen MR) is 47.1 cm³/mol. The molecular formula is C7H9ClF2N2O. The standard InChI is InChI=1S/C7H9ClF2N2O/c1-3-4(6(8)13)5(7(9)10)12-11-2/h3,7,11H,1-2H3/b4-3+,12-5+. The average Bonchev–Trinajstić information content (AvgIpc) is 2.03. The molecule has 0 spiro atoms. The van der Waals surface area contributed by atoms with Crippen molar-refractivity contribution >= 4 is 22.6 Å². The Labute approximate surface area is 79.5 Å². The lowest BCUT2D eigenvalue weighted by atomic mass is 10.2. The Morgan fingerprint density at radius 1 is 1.62 bits per heavy atom. The highest BCUT2D eigenvalue weighted by atomic mass is 35.5. The zero-order chi connectivity index (χ0) is 10.4. The summed E-state index contributed by atoms with van der Waals surface area (Å²) in [6.45, 7) is 1.43. The van der Waals surface area contributed by atoms with Crippen molar-refractivity contribution in [3.63, 3.8) is 0 Å². The van der Waals surface area contributed by atoms with Crippen molar-refractivity contribution < 1.29 is 13.6 Å². The first-order chi connectivity index (χ1) is 6.04. The fourth-order valence-corrected chi connectivity index (χ4v) is 0.915. The minimum Gasteiger partial charge on any atom is -0.313 e. The fraction of sp³-hybridized carbons (Fsp3) is 0.429. The van der Waals surface area contributed by atoms with Crippen LogP contribution in [0.4, 0.5) is 8.78 Å². The molecule has 0 aromatic heterocycles. The molecule has 0 bridgehead atoms. The maximum atomic E-state index is 12.3. The molecule has 0 radical (unpaired) electrons. The molecule has 74 valence electrons. The van der Waals surface area contributed by atoms with Gasteiger partial charge in [-0.1, -0.05) is 6.08 Å². The Bertz CT molecular complexity index is 251. The van der Waals surface area contributed by atoms with E-state index in [1.807, 2.05) is 0 Å². The van der Waals surface area contributed by atoms with E-state index in [1.54, 1.807) is 0 Å². The SMILES string of the molecule is C/C=C(C(=O)Cl)\C(=N/NC)C(F)F. The van der Waals surface area contributed by atoms with Crippen molar-refractivity contribution in [2.75, 3.05) is 7.05 Å². The second-order valence-corrected chi connectivity index (χ2v) is 2.34. The Kier molecular flexibility index (Phi) is 5.22. The smallest absolute Gasteiger partial charge is 0.282 e. The normalized spacial score (nSPS) is 13.4. The Morgan fingerprint density at radius 3 is 2.38 bits per heavy atom. The van der Waals surface area contributed by atoms with E-state index in [2.05, 4.69) is 10.5 Å². The van der Waals surface area contributed by atoms with E-state index < -0.39 is 17.4 Å². The van der Waals surface area contributed by atoms with Gasteiger partial charge in [0.2, 0.25) is 0 Å². The molecule has 0 saturated carbocycles. The van der Waals surface area contributed by atoms with Crippen LogP contribution in [0.15, 0.2) is 16.8 Å². The number of allylic oxidation sites excluding steroid dienone is 2. The van der Waals surface area contributed by atoms with Gasteiger partial charge in [-0.25, -0.2) is 8.78 Å². The second-order valence-electron chi connectivity index (χ2n) is 2.00. The van der Waals surface area contributed by atoms with Gasteiger partial charge in [0.15, 0.2) is 0 Å². The van der Waals surface area contributed by atoms with Crippen LogP contribution in [-0.2, 0) is 4.79 Å². The Hall–Kier alpha value is -0.970. The van der Waals surface area contributed by atoms with Gasteiger partial charge in [0, 0.05) is 7.05 Å². The number of carbonyl (C=O) groups excluding carboxylic acids is 1. The number of halogens is 3. The molecule has 0 heterocycles. The summed E-state index contributed by atoms with van der Waals surface area (Å²) in [5.74, 6) is 0. The van der Waals surface area contributed by atoms with Crippen molar-refractivity contribution in [1.29, 1.82) is 0 Å². The van der Waals surface area contributed by atoms with E-state index in [-0.39, 0.29) is 5.57 Å². The number of nitrogens with zero attached hydrogens (tertiary/aromatic N) is 1. The highest BCUT2D eigenvalue weighted by Crippen LogP contribution is 2.10. The number of carbonyl (C=O) groups is 1. The maximum Gasteiger partial charge on any atom is 0.282 e. The van der Waals surface area contributed by atoms with E-state index in [1.165, 1.54) is 20.0 Å². The first-order valence-corrected chi connectivity index (χ1v) is 3.81. The maximum absolute atomic E-state index is 12.3. The molecule has 0 atom stereocenters. The highest BCUT2D eigenvalue weighted by molar-refractivity contribution is 6.70. The molecule has 0 aromatic rings. The van der Waals surface area contributed by atoms with Crippen LogP contribution >= 0.6 is 11.6 Å². The Morgan fingerprint density at radius 2 is 2.15 bits per heavy atom. The lowest BCUT2D eigenvalue weighted by molar-refractivity contribution is -0.108. The summed E-state index contributed by atoms with van der Waals surface area (Å²) >= 11 is 5.07. The highest BCUT2D eigenvalue weighted by Gasteiger charge is 2.21. The molecular weight excluding hydrogens is 202 g/mol. The predicted octanol–water partition coefficient (Wildman–Crippen LogP) is 1.54. The molecule has 0 saturated heterocycles. The van der Waals surface area contributed by atoms with E-state index in [0.717, 1.165) is 0 Å². The van der Waals surface area contributed by atoms with Gasteiger partial charge < -0.3 is 5.43 Å². The largest absolute Gasteiger partial charge is 0.313 e. The summed E-state index contributed by atoms with van der Waals surface area (Å²) in [7, 11) is 1.36. The number of rotatable bonds is 4. The minimum atomic E-state index is -2.83. The second kappa shape index (κ2) is 5.64.